The number of pyridine rings is 5. The van der Waals surface area contributed by atoms with Crippen molar-refractivity contribution in [1.29, 1.82) is 0 Å². The standard InChI is InChI=1S/5C10H9NO.2C10H8O.C10H14O.C8H10O.C6H6O.5Al/c5*1-7-5-6-8-3-2-4-9(12)10(8)11-7;11-10-7-3-5-8-4-1-2-6-9(8)10;11-10-6-5-8-3-1-2-4-9(8)7-10;1-6-5-7(2)9(4)10(11)8(6)3;1-6-4-3-5-7(2)8(6)9;7-6-4-2-1-3-5-6;;;;;/h5*2-6,12H,1H3;2*1-7,11H;5,11H,1-4H3;3-5,9H,1-2H3;1-5,7H;;;;;/q;;;;;;;;;;5*+2/p-10. The maximum atomic E-state index is 6.05. The highest BCUT2D eigenvalue weighted by molar-refractivity contribution is 6.23. The Morgan fingerprint density at radius 2 is 0.491 bits per heavy atom. The minimum atomic E-state index is -0.672. The summed E-state index contributed by atoms with van der Waals surface area (Å²) in [7, 11) is 0. The van der Waals surface area contributed by atoms with Gasteiger partial charge in [0.2, 0.25) is 0 Å². The average Bonchev–Trinajstić information content (AvgIpc) is 0.823. The normalized spacial score (nSPS) is 10.6. The SMILES string of the molecule is Cc1ccc2cccc([O][Al][O]c3c(C)c(C)cc(C)c3C)c2n1.Cc1ccc2cccc([O][Al][O]c3c(C)cccc3C)c2n1.Cc1ccc2cccc([O][Al][O]c3ccc4ccccc4c3)c2n1.Cc1ccc2cccc([O][Al][O]c3cccc4ccccc34)c2n1.Cc1ccc2cccc([O][Al][O]c3ccccc3)c2n1. The van der Waals surface area contributed by atoms with Crippen LogP contribution in [0.25, 0.3) is 76.1 Å². The van der Waals surface area contributed by atoms with Gasteiger partial charge < -0.3 is 37.9 Å². The molecule has 0 atom stereocenters. The van der Waals surface area contributed by atoms with E-state index < -0.39 is 79.4 Å². The lowest BCUT2D eigenvalue weighted by atomic mass is 10.0. The molecule has 0 N–H and O–H groups in total. The van der Waals surface area contributed by atoms with Crippen molar-refractivity contribution in [2.45, 2.75) is 76.2 Å². The van der Waals surface area contributed by atoms with E-state index in [4.69, 9.17) is 37.9 Å². The van der Waals surface area contributed by atoms with Crippen LogP contribution in [0.15, 0.2) is 291 Å². The molecule has 0 aliphatic rings. The third-order valence-electron chi connectivity index (χ3n) is 18.8. The van der Waals surface area contributed by atoms with Gasteiger partial charge >= 0.3 is 79.4 Å². The average molecular weight is 1580 g/mol. The molecule has 17 aromatic rings. The maximum Gasteiger partial charge on any atom is 0.881 e. The van der Waals surface area contributed by atoms with Gasteiger partial charge in [-0.2, -0.15) is 0 Å². The highest BCUT2D eigenvalue weighted by Crippen LogP contribution is 2.33. The topological polar surface area (TPSA) is 157 Å². The van der Waals surface area contributed by atoms with Crippen molar-refractivity contribution >= 4 is 155 Å². The van der Waals surface area contributed by atoms with Gasteiger partial charge in [-0.25, -0.2) is 24.9 Å². The lowest BCUT2D eigenvalue weighted by Crippen LogP contribution is -2.13. The molecule has 0 unspecified atom stereocenters. The Hall–Kier alpha value is -11.1. The van der Waals surface area contributed by atoms with Crippen molar-refractivity contribution in [1.82, 2.24) is 24.9 Å². The predicted molar refractivity (Wildman–Crippen MR) is 463 cm³/mol. The molecule has 0 amide bonds. The molecule has 114 heavy (non-hydrogen) atoms. The van der Waals surface area contributed by atoms with Crippen LogP contribution in [-0.2, 0) is 0 Å². The molecule has 557 valence electrons. The van der Waals surface area contributed by atoms with E-state index in [1.165, 1.54) is 27.6 Å². The first-order valence-electron chi connectivity index (χ1n) is 37.3. The number of aromatic nitrogens is 5. The van der Waals surface area contributed by atoms with Crippen LogP contribution in [0.4, 0.5) is 0 Å². The quantitative estimate of drug-likeness (QED) is 0.0664. The van der Waals surface area contributed by atoms with E-state index in [0.29, 0.717) is 0 Å². The Bertz CT molecular complexity index is 6150. The van der Waals surface area contributed by atoms with Crippen LogP contribution >= 0.6 is 0 Å². The summed E-state index contributed by atoms with van der Waals surface area (Å²) in [4.78, 5) is 22.9. The third kappa shape index (κ3) is 21.4. The molecule has 0 aliphatic carbocycles. The number of rotatable bonds is 20. The van der Waals surface area contributed by atoms with Crippen molar-refractivity contribution in [3.05, 3.63) is 353 Å². The van der Waals surface area contributed by atoms with Crippen LogP contribution in [-0.4, -0.2) is 104 Å². The van der Waals surface area contributed by atoms with Crippen LogP contribution in [0.5, 0.6) is 57.5 Å². The predicted octanol–water partition coefficient (Wildman–Crippen LogP) is 21.8. The molecule has 0 bridgehead atoms. The van der Waals surface area contributed by atoms with E-state index in [2.05, 4.69) is 125 Å². The van der Waals surface area contributed by atoms with Gasteiger partial charge in [-0.05, 0) is 217 Å². The van der Waals surface area contributed by atoms with Gasteiger partial charge in [0.1, 0.15) is 56.3 Å². The summed E-state index contributed by atoms with van der Waals surface area (Å²) in [5.41, 5.74) is 16.4. The second-order valence-electron chi connectivity index (χ2n) is 27.2. The largest absolute Gasteiger partial charge is 0.881 e. The highest BCUT2D eigenvalue weighted by atomic mass is 27.2. The second-order valence-corrected chi connectivity index (χ2v) is 30.5. The van der Waals surface area contributed by atoms with Crippen LogP contribution in [0.1, 0.15) is 61.9 Å². The van der Waals surface area contributed by atoms with Crippen LogP contribution in [0.2, 0.25) is 0 Å². The molecular weight excluding hydrogens is 1490 g/mol. The van der Waals surface area contributed by atoms with Crippen LogP contribution in [0.3, 0.4) is 0 Å². The first kappa shape index (κ1) is 80.9. The Kier molecular flexibility index (Phi) is 28.1. The zero-order valence-corrected chi connectivity index (χ0v) is 71.2. The molecule has 20 heteroatoms. The zero-order valence-electron chi connectivity index (χ0n) is 65.4. The molecule has 5 aromatic heterocycles. The fourth-order valence-electron chi connectivity index (χ4n) is 12.6. The molecule has 0 fully saturated rings. The Balaban J connectivity index is 0.000000125. The van der Waals surface area contributed by atoms with Crippen molar-refractivity contribution < 1.29 is 37.9 Å². The molecule has 17 rings (SSSR count). The molecule has 0 saturated carbocycles. The van der Waals surface area contributed by atoms with E-state index in [9.17, 15) is 0 Å². The summed E-state index contributed by atoms with van der Waals surface area (Å²) in [5, 5.41) is 10.0. The molecule has 0 aliphatic heterocycles. The van der Waals surface area contributed by atoms with E-state index in [1.54, 1.807) is 0 Å². The number of benzene rings is 12. The Morgan fingerprint density at radius 1 is 0.193 bits per heavy atom. The van der Waals surface area contributed by atoms with Gasteiger partial charge in [-0.1, -0.05) is 200 Å². The fraction of sp³-hybridized carbons (Fsp3) is 0.117. The number of hydrogen-bond donors (Lipinski definition) is 0. The highest BCUT2D eigenvalue weighted by Gasteiger charge is 2.19. The fourth-order valence-corrected chi connectivity index (χ4v) is 16.0. The van der Waals surface area contributed by atoms with E-state index in [1.807, 2.05) is 267 Å². The number of para-hydroxylation sites is 7. The van der Waals surface area contributed by atoms with Crippen LogP contribution < -0.4 is 37.9 Å². The monoisotopic (exact) mass is 1570 g/mol. The first-order chi connectivity index (χ1) is 55.5. The van der Waals surface area contributed by atoms with Crippen molar-refractivity contribution in [3.63, 3.8) is 0 Å². The molecule has 5 radical (unpaired) electrons. The number of aryl methyl sites for hydroxylation is 9. The van der Waals surface area contributed by atoms with Crippen molar-refractivity contribution in [3.8, 4) is 57.5 Å². The van der Waals surface area contributed by atoms with Crippen molar-refractivity contribution in [2.75, 3.05) is 0 Å². The molecule has 5 heterocycles. The van der Waals surface area contributed by atoms with Crippen molar-refractivity contribution in [2.24, 2.45) is 0 Å². The second kappa shape index (κ2) is 39.6. The number of hydrogen-bond acceptors (Lipinski definition) is 15. The van der Waals surface area contributed by atoms with Gasteiger partial charge in [0.15, 0.2) is 0 Å². The Morgan fingerprint density at radius 3 is 0.912 bits per heavy atom. The Labute approximate surface area is 699 Å². The summed E-state index contributed by atoms with van der Waals surface area (Å²) < 4.78 is 58.8. The summed E-state index contributed by atoms with van der Waals surface area (Å²) in [5.74, 6) is 8.25. The molecular formula is C94H81Al5N5O10. The molecule has 12 aromatic carbocycles. The smallest absolute Gasteiger partial charge is 0.616 e. The third-order valence-corrected chi connectivity index (χ3v) is 22.3. The van der Waals surface area contributed by atoms with E-state index in [-0.39, 0.29) is 0 Å². The minimum Gasteiger partial charge on any atom is -0.616 e. The van der Waals surface area contributed by atoms with Gasteiger partial charge in [0, 0.05) is 60.8 Å². The van der Waals surface area contributed by atoms with E-state index in [0.717, 1.165) is 168 Å². The zero-order chi connectivity index (χ0) is 79.3. The van der Waals surface area contributed by atoms with Gasteiger partial charge in [0.25, 0.3) is 0 Å². The minimum absolute atomic E-state index is 0.609. The lowest BCUT2D eigenvalue weighted by molar-refractivity contribution is 0.456. The summed E-state index contributed by atoms with van der Waals surface area (Å²) in [6, 6.07) is 96.7. The first-order valence-corrected chi connectivity index (χ1v) is 42.0. The van der Waals surface area contributed by atoms with Crippen LogP contribution in [0, 0.1) is 76.2 Å². The summed E-state index contributed by atoms with van der Waals surface area (Å²) in [6.07, 6.45) is 0. The molecule has 0 saturated heterocycles. The number of fused-ring (bicyclic) bond motifs is 7. The molecule has 15 nitrogen and oxygen atoms in total. The van der Waals surface area contributed by atoms with Gasteiger partial charge in [-0.15, -0.1) is 0 Å². The van der Waals surface area contributed by atoms with Gasteiger partial charge in [0.05, 0.1) is 28.7 Å². The van der Waals surface area contributed by atoms with E-state index >= 15 is 0 Å². The number of nitrogens with zero attached hydrogens (tertiary/aromatic N) is 5. The summed E-state index contributed by atoms with van der Waals surface area (Å²) in [6.45, 7) is 22.4. The lowest BCUT2D eigenvalue weighted by Gasteiger charge is -2.17. The van der Waals surface area contributed by atoms with Gasteiger partial charge in [-0.3, -0.25) is 0 Å². The summed E-state index contributed by atoms with van der Waals surface area (Å²) >= 11 is -3.23. The molecule has 0 spiro atoms. The maximum absolute atomic E-state index is 6.05.